The molecule has 0 saturated heterocycles. The van der Waals surface area contributed by atoms with E-state index >= 15 is 0 Å². The Labute approximate surface area is 88.5 Å². The number of rotatable bonds is 5. The van der Waals surface area contributed by atoms with Gasteiger partial charge in [-0.15, -0.1) is 10.2 Å². The summed E-state index contributed by atoms with van der Waals surface area (Å²) in [6.07, 6.45) is 2.14. The zero-order valence-electron chi connectivity index (χ0n) is 8.90. The van der Waals surface area contributed by atoms with Gasteiger partial charge in [0.2, 0.25) is 0 Å². The standard InChI is InChI=1S/C10H15N3O2/c1-3-4-7(2)11-9-6-5-8(10(14)15)12-13-9/h5-7H,3-4H2,1-2H3,(H,11,13)(H,14,15). The highest BCUT2D eigenvalue weighted by Crippen LogP contribution is 2.06. The van der Waals surface area contributed by atoms with Crippen LogP contribution < -0.4 is 5.32 Å². The first kappa shape index (κ1) is 11.4. The summed E-state index contributed by atoms with van der Waals surface area (Å²) in [6.45, 7) is 4.16. The van der Waals surface area contributed by atoms with Crippen molar-refractivity contribution in [3.8, 4) is 0 Å². The minimum absolute atomic E-state index is 0.0382. The Morgan fingerprint density at radius 1 is 1.53 bits per heavy atom. The number of carboxylic acids is 1. The van der Waals surface area contributed by atoms with Crippen LogP contribution in [0.2, 0.25) is 0 Å². The maximum atomic E-state index is 10.5. The molecule has 1 rings (SSSR count). The zero-order chi connectivity index (χ0) is 11.3. The van der Waals surface area contributed by atoms with Crippen molar-refractivity contribution < 1.29 is 9.90 Å². The van der Waals surface area contributed by atoms with E-state index in [1.165, 1.54) is 6.07 Å². The highest BCUT2D eigenvalue weighted by molar-refractivity contribution is 5.85. The minimum Gasteiger partial charge on any atom is -0.476 e. The van der Waals surface area contributed by atoms with Gasteiger partial charge >= 0.3 is 5.97 Å². The van der Waals surface area contributed by atoms with Gasteiger partial charge < -0.3 is 10.4 Å². The summed E-state index contributed by atoms with van der Waals surface area (Å²) >= 11 is 0. The lowest BCUT2D eigenvalue weighted by molar-refractivity contribution is 0.0689. The quantitative estimate of drug-likeness (QED) is 0.773. The molecule has 0 saturated carbocycles. The summed E-state index contributed by atoms with van der Waals surface area (Å²) in [5.74, 6) is -0.448. The first-order valence-electron chi connectivity index (χ1n) is 4.97. The lowest BCUT2D eigenvalue weighted by Gasteiger charge is -2.12. The summed E-state index contributed by atoms with van der Waals surface area (Å²) in [5.41, 5.74) is -0.0382. The zero-order valence-corrected chi connectivity index (χ0v) is 8.90. The van der Waals surface area contributed by atoms with Gasteiger partial charge in [0.1, 0.15) is 5.82 Å². The van der Waals surface area contributed by atoms with Gasteiger partial charge in [0.05, 0.1) is 0 Å². The monoisotopic (exact) mass is 209 g/mol. The number of nitrogens with zero attached hydrogens (tertiary/aromatic N) is 2. The second-order valence-electron chi connectivity index (χ2n) is 3.44. The van der Waals surface area contributed by atoms with E-state index in [9.17, 15) is 4.79 Å². The fourth-order valence-corrected chi connectivity index (χ4v) is 1.28. The fourth-order valence-electron chi connectivity index (χ4n) is 1.28. The van der Waals surface area contributed by atoms with Gasteiger partial charge in [-0.2, -0.15) is 0 Å². The normalized spacial score (nSPS) is 12.1. The van der Waals surface area contributed by atoms with Crippen LogP contribution in [-0.2, 0) is 0 Å². The summed E-state index contributed by atoms with van der Waals surface area (Å²) in [4.78, 5) is 10.5. The molecule has 5 nitrogen and oxygen atoms in total. The molecule has 0 amide bonds. The van der Waals surface area contributed by atoms with Crippen LogP contribution in [0.25, 0.3) is 0 Å². The molecule has 0 aliphatic rings. The number of hydrogen-bond acceptors (Lipinski definition) is 4. The molecule has 1 atom stereocenters. The van der Waals surface area contributed by atoms with E-state index in [0.29, 0.717) is 11.9 Å². The molecule has 1 heterocycles. The Balaban J connectivity index is 2.60. The number of aromatic nitrogens is 2. The highest BCUT2D eigenvalue weighted by Gasteiger charge is 2.06. The average Bonchev–Trinajstić information content (AvgIpc) is 2.18. The third-order valence-corrected chi connectivity index (χ3v) is 2.00. The molecule has 2 N–H and O–H groups in total. The molecule has 5 heteroatoms. The molecule has 0 radical (unpaired) electrons. The van der Waals surface area contributed by atoms with Crippen LogP contribution in [0.4, 0.5) is 5.82 Å². The first-order valence-corrected chi connectivity index (χ1v) is 4.97. The van der Waals surface area contributed by atoms with Crippen molar-refractivity contribution in [2.75, 3.05) is 5.32 Å². The largest absolute Gasteiger partial charge is 0.476 e. The van der Waals surface area contributed by atoms with Crippen LogP contribution in [0.3, 0.4) is 0 Å². The Kier molecular flexibility index (Phi) is 4.03. The Bertz CT molecular complexity index is 324. The number of nitrogens with one attached hydrogen (secondary N) is 1. The molecule has 0 spiro atoms. The van der Waals surface area contributed by atoms with E-state index < -0.39 is 5.97 Å². The van der Waals surface area contributed by atoms with Crippen LogP contribution in [0, 0.1) is 0 Å². The van der Waals surface area contributed by atoms with E-state index in [0.717, 1.165) is 12.8 Å². The molecular weight excluding hydrogens is 194 g/mol. The van der Waals surface area contributed by atoms with E-state index in [2.05, 4.69) is 29.4 Å². The third-order valence-electron chi connectivity index (χ3n) is 2.00. The molecule has 1 unspecified atom stereocenters. The van der Waals surface area contributed by atoms with Gasteiger partial charge in [-0.1, -0.05) is 13.3 Å². The molecule has 15 heavy (non-hydrogen) atoms. The molecule has 1 aromatic rings. The number of hydrogen-bond donors (Lipinski definition) is 2. The summed E-state index contributed by atoms with van der Waals surface area (Å²) in [6, 6.07) is 3.39. The summed E-state index contributed by atoms with van der Waals surface area (Å²) in [5, 5.41) is 19.1. The second kappa shape index (κ2) is 5.29. The van der Waals surface area contributed by atoms with Crippen molar-refractivity contribution in [3.63, 3.8) is 0 Å². The fraction of sp³-hybridized carbons (Fsp3) is 0.500. The third kappa shape index (κ3) is 3.53. The van der Waals surface area contributed by atoms with Crippen molar-refractivity contribution in [2.45, 2.75) is 32.7 Å². The van der Waals surface area contributed by atoms with Crippen LogP contribution >= 0.6 is 0 Å². The topological polar surface area (TPSA) is 75.1 Å². The summed E-state index contributed by atoms with van der Waals surface area (Å²) < 4.78 is 0. The molecule has 0 aromatic carbocycles. The predicted molar refractivity (Wildman–Crippen MR) is 57.0 cm³/mol. The molecule has 0 fully saturated rings. The van der Waals surface area contributed by atoms with Crippen molar-refractivity contribution in [1.29, 1.82) is 0 Å². The first-order chi connectivity index (χ1) is 7.13. The van der Waals surface area contributed by atoms with Gasteiger partial charge in [0, 0.05) is 6.04 Å². The van der Waals surface area contributed by atoms with Gasteiger partial charge in [0.15, 0.2) is 5.69 Å². The van der Waals surface area contributed by atoms with Crippen LogP contribution in [0.5, 0.6) is 0 Å². The number of carboxylic acid groups (broad SMARTS) is 1. The average molecular weight is 209 g/mol. The summed E-state index contributed by atoms with van der Waals surface area (Å²) in [7, 11) is 0. The lowest BCUT2D eigenvalue weighted by Crippen LogP contribution is -2.16. The van der Waals surface area contributed by atoms with Gasteiger partial charge in [-0.05, 0) is 25.5 Å². The van der Waals surface area contributed by atoms with Gasteiger partial charge in [-0.3, -0.25) is 0 Å². The predicted octanol–water partition coefficient (Wildman–Crippen LogP) is 1.78. The van der Waals surface area contributed by atoms with E-state index in [1.807, 2.05) is 0 Å². The van der Waals surface area contributed by atoms with Crippen molar-refractivity contribution >= 4 is 11.8 Å². The molecule has 0 aliphatic carbocycles. The highest BCUT2D eigenvalue weighted by atomic mass is 16.4. The van der Waals surface area contributed by atoms with Crippen molar-refractivity contribution in [2.24, 2.45) is 0 Å². The maximum absolute atomic E-state index is 10.5. The SMILES string of the molecule is CCCC(C)Nc1ccc(C(=O)O)nn1. The van der Waals surface area contributed by atoms with Crippen LogP contribution in [-0.4, -0.2) is 27.3 Å². The maximum Gasteiger partial charge on any atom is 0.356 e. The van der Waals surface area contributed by atoms with Crippen molar-refractivity contribution in [3.05, 3.63) is 17.8 Å². The van der Waals surface area contributed by atoms with Crippen molar-refractivity contribution in [1.82, 2.24) is 10.2 Å². The Morgan fingerprint density at radius 3 is 2.73 bits per heavy atom. The minimum atomic E-state index is -1.06. The molecule has 1 aromatic heterocycles. The molecule has 82 valence electrons. The van der Waals surface area contributed by atoms with Crippen LogP contribution in [0.1, 0.15) is 37.2 Å². The van der Waals surface area contributed by atoms with Crippen LogP contribution in [0.15, 0.2) is 12.1 Å². The van der Waals surface area contributed by atoms with E-state index in [-0.39, 0.29) is 5.69 Å². The lowest BCUT2D eigenvalue weighted by atomic mass is 10.2. The Morgan fingerprint density at radius 2 is 2.27 bits per heavy atom. The van der Waals surface area contributed by atoms with E-state index in [1.54, 1.807) is 6.07 Å². The number of carbonyl (C=O) groups is 1. The molecule has 0 bridgehead atoms. The van der Waals surface area contributed by atoms with Gasteiger partial charge in [0.25, 0.3) is 0 Å². The number of aromatic carboxylic acids is 1. The smallest absolute Gasteiger partial charge is 0.356 e. The van der Waals surface area contributed by atoms with E-state index in [4.69, 9.17) is 5.11 Å². The Hall–Kier alpha value is -1.65. The second-order valence-corrected chi connectivity index (χ2v) is 3.44. The molecular formula is C10H15N3O2. The number of anilines is 1. The van der Waals surface area contributed by atoms with Gasteiger partial charge in [-0.25, -0.2) is 4.79 Å². The molecule has 0 aliphatic heterocycles.